The topological polar surface area (TPSA) is 112 Å². The molecular formula is C25H32F6N8O2. The number of allylic oxidation sites excluding steroid dienone is 2. The average Bonchev–Trinajstić information content (AvgIpc) is 2.87. The van der Waals surface area contributed by atoms with Crippen molar-refractivity contribution in [2.45, 2.75) is 58.5 Å². The van der Waals surface area contributed by atoms with Crippen LogP contribution in [0.3, 0.4) is 0 Å². The van der Waals surface area contributed by atoms with E-state index in [9.17, 15) is 31.4 Å². The largest absolute Gasteiger partial charge is 0.433 e. The van der Waals surface area contributed by atoms with Crippen LogP contribution in [-0.2, 0) is 10.9 Å². The number of piperazine rings is 1. The fraction of sp³-hybridized carbons (Fsp3) is 0.560. The van der Waals surface area contributed by atoms with Gasteiger partial charge in [0, 0.05) is 38.1 Å². The lowest BCUT2D eigenvalue weighted by Gasteiger charge is -2.38. The van der Waals surface area contributed by atoms with Gasteiger partial charge in [0.05, 0.1) is 5.60 Å². The second-order valence-corrected chi connectivity index (χ2v) is 10.0. The molecule has 2 aromatic heterocycles. The van der Waals surface area contributed by atoms with E-state index in [-0.39, 0.29) is 29.1 Å². The van der Waals surface area contributed by atoms with E-state index in [1.807, 2.05) is 0 Å². The molecule has 0 saturated carbocycles. The summed E-state index contributed by atoms with van der Waals surface area (Å²) < 4.78 is 84.1. The number of aliphatic hydroxyl groups excluding tert-OH is 1. The molecule has 0 amide bonds. The Morgan fingerprint density at radius 1 is 1.10 bits per heavy atom. The lowest BCUT2D eigenvalue weighted by Crippen LogP contribution is -2.53. The maximum atomic E-state index is 13.2. The molecule has 10 nitrogen and oxygen atoms in total. The zero-order valence-corrected chi connectivity index (χ0v) is 23.0. The van der Waals surface area contributed by atoms with Gasteiger partial charge in [-0.15, -0.1) is 0 Å². The first-order valence-electron chi connectivity index (χ1n) is 12.7. The second kappa shape index (κ2) is 13.1. The summed E-state index contributed by atoms with van der Waals surface area (Å²) >= 11 is 0. The number of hydrogen-bond acceptors (Lipinski definition) is 10. The standard InChI is InChI=1S/C25H32F6N8O2/c1-5-6-7-17(33-15-24(26,27)28)19-35-20(34-16-8-9-32-18(14-16)25(29,30)31)37-21(36-19)38-10-12-39(13-11-38)22(40)41-23(2,3)4/h6-9,14,22,40H,5,10-13,15H2,1-4H3,(H,32,34,35,36,37)/b7-6-,33-17?. The van der Waals surface area contributed by atoms with Crippen LogP contribution in [0.4, 0.5) is 43.9 Å². The SMILES string of the molecule is CC/C=C\C(=NCC(F)(F)F)c1nc(Nc2ccnc(C(F)(F)F)c2)nc(N2CCN(C(O)OC(C)(C)C)CC2)n1. The van der Waals surface area contributed by atoms with Crippen molar-refractivity contribution < 1.29 is 36.2 Å². The first-order valence-corrected chi connectivity index (χ1v) is 12.7. The van der Waals surface area contributed by atoms with Gasteiger partial charge in [0.1, 0.15) is 18.0 Å². The van der Waals surface area contributed by atoms with E-state index in [2.05, 4.69) is 30.2 Å². The van der Waals surface area contributed by atoms with Crippen LogP contribution < -0.4 is 10.2 Å². The maximum absolute atomic E-state index is 13.2. The number of aromatic nitrogens is 4. The van der Waals surface area contributed by atoms with Crippen LogP contribution >= 0.6 is 0 Å². The van der Waals surface area contributed by atoms with Gasteiger partial charge in [0.2, 0.25) is 18.3 Å². The molecule has 0 bridgehead atoms. The van der Waals surface area contributed by atoms with E-state index in [0.29, 0.717) is 32.6 Å². The number of aliphatic imine (C=N–C) groups is 1. The third-order valence-electron chi connectivity index (χ3n) is 5.47. The minimum atomic E-state index is -4.70. The zero-order valence-electron chi connectivity index (χ0n) is 23.0. The number of aliphatic hydroxyl groups is 1. The molecule has 3 heterocycles. The van der Waals surface area contributed by atoms with Crippen molar-refractivity contribution in [1.29, 1.82) is 0 Å². The predicted octanol–water partition coefficient (Wildman–Crippen LogP) is 4.56. The molecule has 0 radical (unpaired) electrons. The molecule has 41 heavy (non-hydrogen) atoms. The van der Waals surface area contributed by atoms with Gasteiger partial charge < -0.3 is 20.1 Å². The van der Waals surface area contributed by atoms with Crippen molar-refractivity contribution in [2.75, 3.05) is 42.9 Å². The number of hydrogen-bond donors (Lipinski definition) is 2. The first kappa shape index (κ1) is 32.1. The molecule has 1 fully saturated rings. The summed E-state index contributed by atoms with van der Waals surface area (Å²) in [6, 6.07) is 2.03. The molecule has 1 saturated heterocycles. The van der Waals surface area contributed by atoms with Crippen molar-refractivity contribution >= 4 is 23.3 Å². The number of nitrogens with one attached hydrogen (secondary N) is 1. The Balaban J connectivity index is 1.97. The molecule has 0 spiro atoms. The van der Waals surface area contributed by atoms with Crippen LogP contribution in [0.1, 0.15) is 45.6 Å². The van der Waals surface area contributed by atoms with Crippen molar-refractivity contribution in [1.82, 2.24) is 24.8 Å². The van der Waals surface area contributed by atoms with Crippen LogP contribution in [0.2, 0.25) is 0 Å². The van der Waals surface area contributed by atoms with Gasteiger partial charge >= 0.3 is 12.4 Å². The third kappa shape index (κ3) is 10.2. The molecule has 0 aliphatic carbocycles. The van der Waals surface area contributed by atoms with Gasteiger partial charge in [0.15, 0.2) is 5.82 Å². The second-order valence-electron chi connectivity index (χ2n) is 10.0. The fourth-order valence-electron chi connectivity index (χ4n) is 3.60. The Bertz CT molecular complexity index is 1220. The van der Waals surface area contributed by atoms with Crippen LogP contribution in [0, 0.1) is 0 Å². The van der Waals surface area contributed by atoms with E-state index in [1.54, 1.807) is 43.6 Å². The number of alkyl halides is 6. The molecule has 226 valence electrons. The molecule has 1 atom stereocenters. The summed E-state index contributed by atoms with van der Waals surface area (Å²) in [5.41, 5.74) is -1.95. The molecular weight excluding hydrogens is 558 g/mol. The van der Waals surface area contributed by atoms with Crippen molar-refractivity contribution in [3.05, 3.63) is 42.0 Å². The van der Waals surface area contributed by atoms with E-state index in [0.717, 1.165) is 12.3 Å². The predicted molar refractivity (Wildman–Crippen MR) is 140 cm³/mol. The summed E-state index contributed by atoms with van der Waals surface area (Å²) in [4.78, 5) is 23.2. The first-order chi connectivity index (χ1) is 19.0. The van der Waals surface area contributed by atoms with Gasteiger partial charge in [-0.25, -0.2) is 0 Å². The highest BCUT2D eigenvalue weighted by Crippen LogP contribution is 2.29. The Morgan fingerprint density at radius 2 is 1.78 bits per heavy atom. The Kier molecular flexibility index (Phi) is 10.3. The molecule has 3 rings (SSSR count). The van der Waals surface area contributed by atoms with Gasteiger partial charge in [-0.05, 0) is 45.4 Å². The lowest BCUT2D eigenvalue weighted by molar-refractivity contribution is -0.239. The number of nitrogens with zero attached hydrogens (tertiary/aromatic N) is 7. The normalized spacial score (nSPS) is 16.9. The number of halogens is 6. The highest BCUT2D eigenvalue weighted by atomic mass is 19.4. The minimum absolute atomic E-state index is 0.0411. The Morgan fingerprint density at radius 3 is 2.37 bits per heavy atom. The van der Waals surface area contributed by atoms with Crippen molar-refractivity contribution in [3.8, 4) is 0 Å². The van der Waals surface area contributed by atoms with Crippen LogP contribution in [0.5, 0.6) is 0 Å². The molecule has 1 unspecified atom stereocenters. The van der Waals surface area contributed by atoms with Crippen LogP contribution in [0.15, 0.2) is 35.5 Å². The fourth-order valence-corrected chi connectivity index (χ4v) is 3.60. The number of rotatable bonds is 9. The van der Waals surface area contributed by atoms with E-state index in [4.69, 9.17) is 4.74 Å². The smallest absolute Gasteiger partial charge is 0.356 e. The number of ether oxygens (including phenoxy) is 1. The van der Waals surface area contributed by atoms with Crippen LogP contribution in [0.25, 0.3) is 0 Å². The summed E-state index contributed by atoms with van der Waals surface area (Å²) in [7, 11) is 0. The average molecular weight is 591 g/mol. The maximum Gasteiger partial charge on any atom is 0.433 e. The summed E-state index contributed by atoms with van der Waals surface area (Å²) in [6.45, 7) is 7.00. The Hall–Kier alpha value is -3.37. The van der Waals surface area contributed by atoms with E-state index >= 15 is 0 Å². The van der Waals surface area contributed by atoms with Gasteiger partial charge in [-0.3, -0.25) is 14.9 Å². The molecule has 1 aliphatic rings. The molecule has 2 N–H and O–H groups in total. The third-order valence-corrected chi connectivity index (χ3v) is 5.47. The minimum Gasteiger partial charge on any atom is -0.356 e. The van der Waals surface area contributed by atoms with Crippen LogP contribution in [-0.4, -0.2) is 86.6 Å². The Labute approximate surface area is 233 Å². The van der Waals surface area contributed by atoms with E-state index in [1.165, 1.54) is 12.1 Å². The summed E-state index contributed by atoms with van der Waals surface area (Å²) in [5, 5.41) is 13.1. The van der Waals surface area contributed by atoms with Gasteiger partial charge in [0.25, 0.3) is 0 Å². The zero-order chi connectivity index (χ0) is 30.4. The highest BCUT2D eigenvalue weighted by Gasteiger charge is 2.33. The number of pyridine rings is 1. The monoisotopic (exact) mass is 590 g/mol. The quantitative estimate of drug-likeness (QED) is 0.247. The molecule has 16 heteroatoms. The van der Waals surface area contributed by atoms with Crippen molar-refractivity contribution in [3.63, 3.8) is 0 Å². The lowest BCUT2D eigenvalue weighted by atomic mass is 10.2. The summed E-state index contributed by atoms with van der Waals surface area (Å²) in [6.07, 6.45) is -6.06. The van der Waals surface area contributed by atoms with Gasteiger partial charge in [-0.2, -0.15) is 41.3 Å². The van der Waals surface area contributed by atoms with Crippen molar-refractivity contribution in [2.24, 2.45) is 4.99 Å². The summed E-state index contributed by atoms with van der Waals surface area (Å²) in [5.74, 6) is -0.333. The molecule has 0 aromatic carbocycles. The number of anilines is 3. The van der Waals surface area contributed by atoms with E-state index < -0.39 is 36.6 Å². The molecule has 1 aliphatic heterocycles. The highest BCUT2D eigenvalue weighted by molar-refractivity contribution is 6.06. The van der Waals surface area contributed by atoms with Gasteiger partial charge in [-0.1, -0.05) is 13.0 Å². The molecule has 2 aromatic rings.